The molecule has 5 heteroatoms. The quantitative estimate of drug-likeness (QED) is 0.817. The monoisotopic (exact) mass is 291 g/mol. The van der Waals surface area contributed by atoms with Crippen molar-refractivity contribution in [3.63, 3.8) is 0 Å². The second-order valence-corrected chi connectivity index (χ2v) is 6.39. The highest BCUT2D eigenvalue weighted by Crippen LogP contribution is 2.41. The highest BCUT2D eigenvalue weighted by molar-refractivity contribution is 5.81. The number of methoxy groups -OCH3 is 1. The van der Waals surface area contributed by atoms with Crippen LogP contribution in [0.3, 0.4) is 0 Å². The van der Waals surface area contributed by atoms with Crippen molar-refractivity contribution < 1.29 is 9.53 Å². The number of hydrogen-bond donors (Lipinski definition) is 1. The summed E-state index contributed by atoms with van der Waals surface area (Å²) in [5, 5.41) is 3.55. The molecule has 0 aliphatic heterocycles. The average molecular weight is 291 g/mol. The molecule has 1 aromatic heterocycles. The van der Waals surface area contributed by atoms with E-state index in [1.807, 2.05) is 6.20 Å². The first-order valence-corrected chi connectivity index (χ1v) is 8.06. The first kappa shape index (κ1) is 14.6. The SMILES string of the molecule is CCCc1nccn1C1CCC(NC2CC2)(C(=O)OC)C1. The number of aromatic nitrogens is 2. The summed E-state index contributed by atoms with van der Waals surface area (Å²) in [5.74, 6) is 1.03. The smallest absolute Gasteiger partial charge is 0.326 e. The fourth-order valence-corrected chi connectivity index (χ4v) is 3.54. The van der Waals surface area contributed by atoms with E-state index in [4.69, 9.17) is 4.74 Å². The third-order valence-corrected chi connectivity index (χ3v) is 4.74. The Hall–Kier alpha value is -1.36. The number of carbonyl (C=O) groups is 1. The van der Waals surface area contributed by atoms with Crippen molar-refractivity contribution in [1.29, 1.82) is 0 Å². The molecule has 2 aliphatic rings. The molecule has 2 saturated carbocycles. The first-order valence-electron chi connectivity index (χ1n) is 8.06. The van der Waals surface area contributed by atoms with Gasteiger partial charge in [0.25, 0.3) is 0 Å². The Morgan fingerprint density at radius 2 is 2.33 bits per heavy atom. The van der Waals surface area contributed by atoms with E-state index in [-0.39, 0.29) is 5.97 Å². The van der Waals surface area contributed by atoms with E-state index >= 15 is 0 Å². The number of hydrogen-bond acceptors (Lipinski definition) is 4. The van der Waals surface area contributed by atoms with E-state index < -0.39 is 5.54 Å². The molecule has 1 aromatic rings. The van der Waals surface area contributed by atoms with E-state index in [1.54, 1.807) is 0 Å². The van der Waals surface area contributed by atoms with Crippen molar-refractivity contribution in [2.45, 2.75) is 69.5 Å². The molecule has 0 aromatic carbocycles. The molecule has 2 aliphatic carbocycles. The highest BCUT2D eigenvalue weighted by atomic mass is 16.5. The van der Waals surface area contributed by atoms with Crippen LogP contribution in [0, 0.1) is 0 Å². The zero-order valence-corrected chi connectivity index (χ0v) is 13.0. The summed E-state index contributed by atoms with van der Waals surface area (Å²) in [4.78, 5) is 16.8. The van der Waals surface area contributed by atoms with Gasteiger partial charge in [-0.05, 0) is 38.5 Å². The van der Waals surface area contributed by atoms with E-state index in [9.17, 15) is 4.79 Å². The van der Waals surface area contributed by atoms with Gasteiger partial charge in [0, 0.05) is 30.9 Å². The lowest BCUT2D eigenvalue weighted by atomic mass is 9.97. The molecular formula is C16H25N3O2. The molecule has 0 bridgehead atoms. The zero-order valence-electron chi connectivity index (χ0n) is 13.0. The topological polar surface area (TPSA) is 56.2 Å². The van der Waals surface area contributed by atoms with E-state index in [2.05, 4.69) is 28.0 Å². The Morgan fingerprint density at radius 3 is 3.00 bits per heavy atom. The van der Waals surface area contributed by atoms with Crippen LogP contribution in [0.1, 0.15) is 57.3 Å². The maximum Gasteiger partial charge on any atom is 0.326 e. The zero-order chi connectivity index (χ0) is 14.9. The Morgan fingerprint density at radius 1 is 1.52 bits per heavy atom. The van der Waals surface area contributed by atoms with E-state index in [0.29, 0.717) is 12.1 Å². The van der Waals surface area contributed by atoms with Gasteiger partial charge in [0.15, 0.2) is 0 Å². The minimum atomic E-state index is -0.492. The molecule has 1 heterocycles. The molecule has 116 valence electrons. The Balaban J connectivity index is 1.77. The molecule has 0 saturated heterocycles. The van der Waals surface area contributed by atoms with Crippen molar-refractivity contribution in [2.24, 2.45) is 0 Å². The Kier molecular flexibility index (Phi) is 4.02. The first-order chi connectivity index (χ1) is 10.2. The predicted molar refractivity (Wildman–Crippen MR) is 80.0 cm³/mol. The normalized spacial score (nSPS) is 28.8. The molecule has 0 radical (unpaired) electrons. The lowest BCUT2D eigenvalue weighted by Crippen LogP contribution is -2.51. The molecule has 3 rings (SSSR count). The van der Waals surface area contributed by atoms with Crippen molar-refractivity contribution in [2.75, 3.05) is 7.11 Å². The lowest BCUT2D eigenvalue weighted by Gasteiger charge is -2.28. The van der Waals surface area contributed by atoms with Crippen LogP contribution < -0.4 is 5.32 Å². The predicted octanol–water partition coefficient (Wildman–Crippen LogP) is 2.22. The maximum absolute atomic E-state index is 12.3. The maximum atomic E-state index is 12.3. The number of nitrogens with one attached hydrogen (secondary N) is 1. The van der Waals surface area contributed by atoms with Crippen LogP contribution in [-0.4, -0.2) is 34.2 Å². The van der Waals surface area contributed by atoms with Crippen LogP contribution >= 0.6 is 0 Å². The van der Waals surface area contributed by atoms with Crippen LogP contribution in [0.5, 0.6) is 0 Å². The van der Waals surface area contributed by atoms with E-state index in [0.717, 1.165) is 37.9 Å². The number of imidazole rings is 1. The van der Waals surface area contributed by atoms with Gasteiger partial charge < -0.3 is 9.30 Å². The van der Waals surface area contributed by atoms with Crippen molar-refractivity contribution in [3.05, 3.63) is 18.2 Å². The summed E-state index contributed by atoms with van der Waals surface area (Å²) >= 11 is 0. The van der Waals surface area contributed by atoms with Crippen LogP contribution in [-0.2, 0) is 16.0 Å². The van der Waals surface area contributed by atoms with Gasteiger partial charge in [-0.1, -0.05) is 6.92 Å². The van der Waals surface area contributed by atoms with Gasteiger partial charge in [-0.2, -0.15) is 0 Å². The number of rotatable bonds is 6. The Labute approximate surface area is 126 Å². The van der Waals surface area contributed by atoms with Crippen molar-refractivity contribution in [1.82, 2.24) is 14.9 Å². The summed E-state index contributed by atoms with van der Waals surface area (Å²) in [6, 6.07) is 0.847. The molecule has 0 spiro atoms. The molecule has 2 atom stereocenters. The van der Waals surface area contributed by atoms with Gasteiger partial charge in [-0.3, -0.25) is 10.1 Å². The van der Waals surface area contributed by atoms with Crippen LogP contribution in [0.4, 0.5) is 0 Å². The fraction of sp³-hybridized carbons (Fsp3) is 0.750. The van der Waals surface area contributed by atoms with Gasteiger partial charge in [0.1, 0.15) is 11.4 Å². The number of esters is 1. The van der Waals surface area contributed by atoms with Gasteiger partial charge in [0.2, 0.25) is 0 Å². The van der Waals surface area contributed by atoms with Crippen LogP contribution in [0.15, 0.2) is 12.4 Å². The summed E-state index contributed by atoms with van der Waals surface area (Å²) in [7, 11) is 1.49. The van der Waals surface area contributed by atoms with Crippen LogP contribution in [0.25, 0.3) is 0 Å². The van der Waals surface area contributed by atoms with Gasteiger partial charge in [-0.25, -0.2) is 4.98 Å². The third-order valence-electron chi connectivity index (χ3n) is 4.74. The summed E-state index contributed by atoms with van der Waals surface area (Å²) in [6.07, 6.45) is 11.0. The second-order valence-electron chi connectivity index (χ2n) is 6.39. The van der Waals surface area contributed by atoms with Crippen molar-refractivity contribution >= 4 is 5.97 Å². The molecule has 1 N–H and O–H groups in total. The molecule has 2 fully saturated rings. The standard InChI is InChI=1S/C16H25N3O2/c1-3-4-14-17-9-10-19(14)13-7-8-16(11-13,15(20)21-2)18-12-5-6-12/h9-10,12-13,18H,3-8,11H2,1-2H3. The summed E-state index contributed by atoms with van der Waals surface area (Å²) in [6.45, 7) is 2.17. The van der Waals surface area contributed by atoms with E-state index in [1.165, 1.54) is 20.0 Å². The summed E-state index contributed by atoms with van der Waals surface area (Å²) in [5.41, 5.74) is -0.492. The Bertz CT molecular complexity index is 509. The number of ether oxygens (including phenoxy) is 1. The fourth-order valence-electron chi connectivity index (χ4n) is 3.54. The van der Waals surface area contributed by atoms with Gasteiger partial charge in [-0.15, -0.1) is 0 Å². The minimum absolute atomic E-state index is 0.103. The van der Waals surface area contributed by atoms with Crippen molar-refractivity contribution in [3.8, 4) is 0 Å². The molecule has 21 heavy (non-hydrogen) atoms. The number of carbonyl (C=O) groups excluding carboxylic acids is 1. The lowest BCUT2D eigenvalue weighted by molar-refractivity contribution is -0.148. The molecular weight excluding hydrogens is 266 g/mol. The minimum Gasteiger partial charge on any atom is -0.468 e. The number of aryl methyl sites for hydroxylation is 1. The largest absolute Gasteiger partial charge is 0.468 e. The molecule has 2 unspecified atom stereocenters. The average Bonchev–Trinajstić information content (AvgIpc) is 3.00. The van der Waals surface area contributed by atoms with Gasteiger partial charge in [0.05, 0.1) is 7.11 Å². The van der Waals surface area contributed by atoms with Crippen LogP contribution in [0.2, 0.25) is 0 Å². The highest BCUT2D eigenvalue weighted by Gasteiger charge is 2.49. The third kappa shape index (κ3) is 2.84. The van der Waals surface area contributed by atoms with Gasteiger partial charge >= 0.3 is 5.97 Å². The second kappa shape index (κ2) is 5.79. The summed E-state index contributed by atoms with van der Waals surface area (Å²) < 4.78 is 7.35. The molecule has 0 amide bonds. The number of nitrogens with zero attached hydrogens (tertiary/aromatic N) is 2. The molecule has 5 nitrogen and oxygen atoms in total.